The molecule has 0 saturated heterocycles. The van der Waals surface area contributed by atoms with Gasteiger partial charge in [0, 0.05) is 32.1 Å². The van der Waals surface area contributed by atoms with Gasteiger partial charge in [-0.2, -0.15) is 0 Å². The maximum atomic E-state index is 12.4. The number of methoxy groups -OCH3 is 1. The van der Waals surface area contributed by atoms with Crippen LogP contribution in [0.5, 0.6) is 5.75 Å². The summed E-state index contributed by atoms with van der Waals surface area (Å²) in [6.45, 7) is 5.16. The van der Waals surface area contributed by atoms with Crippen LogP contribution in [0.2, 0.25) is 0 Å². The molecule has 9 heteroatoms. The van der Waals surface area contributed by atoms with Crippen LogP contribution < -0.4 is 9.46 Å². The van der Waals surface area contributed by atoms with Crippen LogP contribution in [0.15, 0.2) is 33.7 Å². The molecule has 0 radical (unpaired) electrons. The maximum Gasteiger partial charge on any atom is 0.246 e. The highest BCUT2D eigenvalue weighted by Crippen LogP contribution is 2.20. The second-order valence-electron chi connectivity index (χ2n) is 5.80. The van der Waals surface area contributed by atoms with E-state index in [0.29, 0.717) is 18.0 Å². The zero-order chi connectivity index (χ0) is 19.3. The smallest absolute Gasteiger partial charge is 0.246 e. The van der Waals surface area contributed by atoms with Crippen LogP contribution in [0.3, 0.4) is 0 Å². The first kappa shape index (κ1) is 19.9. The van der Waals surface area contributed by atoms with Crippen molar-refractivity contribution in [2.45, 2.75) is 32.2 Å². The van der Waals surface area contributed by atoms with Gasteiger partial charge in [-0.15, -0.1) is 0 Å². The Morgan fingerprint density at radius 2 is 2.00 bits per heavy atom. The minimum absolute atomic E-state index is 0.0385. The van der Waals surface area contributed by atoms with E-state index in [1.807, 2.05) is 24.3 Å². The highest BCUT2D eigenvalue weighted by atomic mass is 32.2. The number of carbonyl (C=O) groups excluding carboxylic acids is 1. The van der Waals surface area contributed by atoms with E-state index in [-0.39, 0.29) is 29.7 Å². The first-order valence-electron chi connectivity index (χ1n) is 8.06. The molecule has 0 aliphatic heterocycles. The van der Waals surface area contributed by atoms with Crippen LogP contribution in [0.25, 0.3) is 0 Å². The van der Waals surface area contributed by atoms with Crippen molar-refractivity contribution in [2.75, 3.05) is 20.2 Å². The van der Waals surface area contributed by atoms with Crippen molar-refractivity contribution in [3.05, 3.63) is 41.3 Å². The molecule has 0 unspecified atom stereocenters. The van der Waals surface area contributed by atoms with Crippen LogP contribution in [0.1, 0.15) is 23.9 Å². The summed E-state index contributed by atoms with van der Waals surface area (Å²) in [5, 5.41) is 3.66. The quantitative estimate of drug-likeness (QED) is 0.746. The van der Waals surface area contributed by atoms with E-state index in [4.69, 9.17) is 9.26 Å². The van der Waals surface area contributed by atoms with Gasteiger partial charge in [-0.05, 0) is 19.9 Å². The number of rotatable bonds is 8. The number of ether oxygens (including phenoxy) is 1. The average molecular weight is 381 g/mol. The fourth-order valence-electron chi connectivity index (χ4n) is 2.63. The Morgan fingerprint density at radius 1 is 1.31 bits per heavy atom. The third-order valence-electron chi connectivity index (χ3n) is 3.91. The Labute approximate surface area is 153 Å². The van der Waals surface area contributed by atoms with Crippen molar-refractivity contribution in [3.8, 4) is 5.75 Å². The van der Waals surface area contributed by atoms with Gasteiger partial charge in [0.15, 0.2) is 5.76 Å². The summed E-state index contributed by atoms with van der Waals surface area (Å²) in [6, 6.07) is 7.38. The van der Waals surface area contributed by atoms with Gasteiger partial charge in [-0.3, -0.25) is 4.79 Å². The fourth-order valence-corrected chi connectivity index (χ4v) is 3.98. The first-order valence-corrected chi connectivity index (χ1v) is 9.54. The predicted octanol–water partition coefficient (Wildman–Crippen LogP) is 1.63. The molecule has 0 bridgehead atoms. The molecule has 0 saturated carbocycles. The number of sulfonamides is 1. The van der Waals surface area contributed by atoms with Gasteiger partial charge in [0.2, 0.25) is 15.9 Å². The summed E-state index contributed by atoms with van der Waals surface area (Å²) in [4.78, 5) is 13.5. The first-order chi connectivity index (χ1) is 12.3. The minimum Gasteiger partial charge on any atom is -0.496 e. The molecule has 1 heterocycles. The lowest BCUT2D eigenvalue weighted by atomic mass is 10.2. The minimum atomic E-state index is -3.75. The van der Waals surface area contributed by atoms with Gasteiger partial charge in [0.1, 0.15) is 16.3 Å². The SMILES string of the molecule is COc1ccccc1CN(CCNS(=O)(=O)c1c(C)noc1C)C(C)=O. The van der Waals surface area contributed by atoms with E-state index in [1.54, 1.807) is 18.9 Å². The lowest BCUT2D eigenvalue weighted by Gasteiger charge is -2.22. The Bertz CT molecular complexity index is 857. The molecular weight excluding hydrogens is 358 g/mol. The Hall–Kier alpha value is -2.39. The lowest BCUT2D eigenvalue weighted by Crippen LogP contribution is -2.37. The van der Waals surface area contributed by atoms with Crippen LogP contribution in [-0.4, -0.2) is 44.6 Å². The number of amides is 1. The van der Waals surface area contributed by atoms with Gasteiger partial charge in [-0.1, -0.05) is 23.4 Å². The van der Waals surface area contributed by atoms with Crippen molar-refractivity contribution in [1.29, 1.82) is 0 Å². The van der Waals surface area contributed by atoms with Crippen molar-refractivity contribution in [1.82, 2.24) is 14.8 Å². The van der Waals surface area contributed by atoms with E-state index in [1.165, 1.54) is 13.8 Å². The molecule has 0 fully saturated rings. The summed E-state index contributed by atoms with van der Waals surface area (Å²) in [6.07, 6.45) is 0. The summed E-state index contributed by atoms with van der Waals surface area (Å²) in [5.74, 6) is 0.745. The Kier molecular flexibility index (Phi) is 6.38. The summed E-state index contributed by atoms with van der Waals surface area (Å²) >= 11 is 0. The number of aryl methyl sites for hydroxylation is 2. The molecule has 8 nitrogen and oxygen atoms in total. The van der Waals surface area contributed by atoms with E-state index in [9.17, 15) is 13.2 Å². The summed E-state index contributed by atoms with van der Waals surface area (Å²) in [7, 11) is -2.19. The summed E-state index contributed by atoms with van der Waals surface area (Å²) in [5.41, 5.74) is 1.14. The maximum absolute atomic E-state index is 12.4. The number of nitrogens with zero attached hydrogens (tertiary/aromatic N) is 2. The van der Waals surface area contributed by atoms with Crippen molar-refractivity contribution in [2.24, 2.45) is 0 Å². The van der Waals surface area contributed by atoms with Crippen molar-refractivity contribution < 1.29 is 22.5 Å². The summed E-state index contributed by atoms with van der Waals surface area (Å²) < 4.78 is 37.5. The molecule has 2 rings (SSSR count). The van der Waals surface area contributed by atoms with Crippen LogP contribution in [0.4, 0.5) is 0 Å². The number of nitrogens with one attached hydrogen (secondary N) is 1. The molecule has 1 aromatic carbocycles. The van der Waals surface area contributed by atoms with Gasteiger partial charge >= 0.3 is 0 Å². The Morgan fingerprint density at radius 3 is 2.58 bits per heavy atom. The number of hydrogen-bond donors (Lipinski definition) is 1. The number of para-hydroxylation sites is 1. The van der Waals surface area contributed by atoms with E-state index >= 15 is 0 Å². The molecule has 142 valence electrons. The van der Waals surface area contributed by atoms with Crippen molar-refractivity contribution in [3.63, 3.8) is 0 Å². The monoisotopic (exact) mass is 381 g/mol. The van der Waals surface area contributed by atoms with E-state index in [2.05, 4.69) is 9.88 Å². The molecule has 0 atom stereocenters. The van der Waals surface area contributed by atoms with E-state index in [0.717, 1.165) is 5.56 Å². The molecule has 26 heavy (non-hydrogen) atoms. The highest BCUT2D eigenvalue weighted by molar-refractivity contribution is 7.89. The lowest BCUT2D eigenvalue weighted by molar-refractivity contribution is -0.129. The molecule has 2 aromatic rings. The number of carbonyl (C=O) groups is 1. The Balaban J connectivity index is 2.04. The second kappa shape index (κ2) is 8.33. The molecular formula is C17H23N3O5S. The van der Waals surface area contributed by atoms with Crippen molar-refractivity contribution >= 4 is 15.9 Å². The molecule has 0 spiro atoms. The second-order valence-corrected chi connectivity index (χ2v) is 7.51. The van der Waals surface area contributed by atoms with Gasteiger partial charge in [-0.25, -0.2) is 13.1 Å². The standard InChI is InChI=1S/C17H23N3O5S/c1-12-17(13(2)25-19-12)26(22,23)18-9-10-20(14(3)21)11-15-7-5-6-8-16(15)24-4/h5-8,18H,9-11H2,1-4H3. The number of benzene rings is 1. The third-order valence-corrected chi connectivity index (χ3v) is 5.61. The highest BCUT2D eigenvalue weighted by Gasteiger charge is 2.24. The van der Waals surface area contributed by atoms with Crippen LogP contribution in [-0.2, 0) is 21.4 Å². The van der Waals surface area contributed by atoms with Crippen LogP contribution >= 0.6 is 0 Å². The number of aromatic nitrogens is 1. The normalized spacial score (nSPS) is 11.4. The molecule has 0 aliphatic rings. The predicted molar refractivity (Wildman–Crippen MR) is 95.3 cm³/mol. The fraction of sp³-hybridized carbons (Fsp3) is 0.412. The van der Waals surface area contributed by atoms with Gasteiger partial charge < -0.3 is 14.2 Å². The molecule has 1 amide bonds. The molecule has 1 aromatic heterocycles. The molecule has 0 aliphatic carbocycles. The average Bonchev–Trinajstić information content (AvgIpc) is 2.93. The van der Waals surface area contributed by atoms with Gasteiger partial charge in [0.25, 0.3) is 0 Å². The number of hydrogen-bond acceptors (Lipinski definition) is 6. The third kappa shape index (κ3) is 4.61. The largest absolute Gasteiger partial charge is 0.496 e. The zero-order valence-electron chi connectivity index (χ0n) is 15.3. The van der Waals surface area contributed by atoms with Crippen LogP contribution in [0, 0.1) is 13.8 Å². The zero-order valence-corrected chi connectivity index (χ0v) is 16.1. The topological polar surface area (TPSA) is 102 Å². The molecule has 1 N–H and O–H groups in total. The van der Waals surface area contributed by atoms with E-state index < -0.39 is 10.0 Å². The van der Waals surface area contributed by atoms with Gasteiger partial charge in [0.05, 0.1) is 7.11 Å².